The zero-order valence-corrected chi connectivity index (χ0v) is 26.3. The Kier molecular flexibility index (Phi) is 9.18. The molecule has 0 N–H and O–H groups in total. The van der Waals surface area contributed by atoms with Crippen molar-refractivity contribution in [2.45, 2.75) is 20.4 Å². The number of nitrogens with zero attached hydrogens (tertiary/aromatic N) is 1. The van der Waals surface area contributed by atoms with E-state index in [0.29, 0.717) is 0 Å². The Balaban J connectivity index is 1.14. The van der Waals surface area contributed by atoms with Gasteiger partial charge in [-0.05, 0) is 93.8 Å². The summed E-state index contributed by atoms with van der Waals surface area (Å²) in [5.41, 5.74) is 14.8. The van der Waals surface area contributed by atoms with E-state index < -0.39 is 0 Å². The summed E-state index contributed by atoms with van der Waals surface area (Å²) in [6.45, 7) is 5.19. The van der Waals surface area contributed by atoms with Crippen LogP contribution in [-0.4, -0.2) is 7.05 Å². The van der Waals surface area contributed by atoms with E-state index in [1.165, 1.54) is 66.9 Å². The van der Waals surface area contributed by atoms with Crippen molar-refractivity contribution >= 4 is 29.5 Å². The third-order valence-corrected chi connectivity index (χ3v) is 8.26. The Labute approximate surface area is 268 Å². The number of anilines is 1. The molecule has 220 valence electrons. The monoisotopic (exact) mass is 581 g/mol. The van der Waals surface area contributed by atoms with Gasteiger partial charge in [-0.25, -0.2) is 0 Å². The highest BCUT2D eigenvalue weighted by Crippen LogP contribution is 2.27. The fourth-order valence-corrected chi connectivity index (χ4v) is 5.75. The molecule has 0 saturated heterocycles. The van der Waals surface area contributed by atoms with Crippen LogP contribution in [0.1, 0.15) is 44.5 Å². The lowest BCUT2D eigenvalue weighted by Crippen LogP contribution is -2.16. The highest BCUT2D eigenvalue weighted by Gasteiger charge is 2.07. The number of hydrogen-bond acceptors (Lipinski definition) is 1. The molecule has 0 bridgehead atoms. The molecule has 0 heterocycles. The first kappa shape index (κ1) is 29.7. The summed E-state index contributed by atoms with van der Waals surface area (Å²) in [5, 5.41) is 0. The number of hydrogen-bond donors (Lipinski definition) is 0. The molecule has 0 aromatic heterocycles. The predicted octanol–water partition coefficient (Wildman–Crippen LogP) is 11.4. The first-order valence-corrected chi connectivity index (χ1v) is 15.6. The van der Waals surface area contributed by atoms with Gasteiger partial charge in [-0.2, -0.15) is 0 Å². The van der Waals surface area contributed by atoms with Crippen molar-refractivity contribution in [3.63, 3.8) is 0 Å². The average molecular weight is 582 g/mol. The van der Waals surface area contributed by atoms with E-state index in [9.17, 15) is 0 Å². The van der Waals surface area contributed by atoms with Crippen molar-refractivity contribution in [3.05, 3.63) is 196 Å². The summed E-state index contributed by atoms with van der Waals surface area (Å²) >= 11 is 0. The van der Waals surface area contributed by atoms with Crippen molar-refractivity contribution in [3.8, 4) is 11.1 Å². The summed E-state index contributed by atoms with van der Waals surface area (Å²) in [6.07, 6.45) is 6.69. The number of benzene rings is 6. The Hall–Kier alpha value is -5.40. The van der Waals surface area contributed by atoms with Crippen LogP contribution in [0, 0.1) is 13.8 Å². The van der Waals surface area contributed by atoms with E-state index in [4.69, 9.17) is 0 Å². The van der Waals surface area contributed by atoms with Crippen molar-refractivity contribution in [2.75, 3.05) is 11.9 Å². The van der Waals surface area contributed by atoms with Crippen LogP contribution < -0.4 is 4.90 Å². The summed E-state index contributed by atoms with van der Waals surface area (Å²) in [5.74, 6) is 0. The molecule has 1 nitrogen and oxygen atoms in total. The molecule has 0 amide bonds. The Morgan fingerprint density at radius 1 is 0.556 bits per heavy atom. The van der Waals surface area contributed by atoms with E-state index in [1.807, 2.05) is 0 Å². The normalized spacial score (nSPS) is 11.0. The highest BCUT2D eigenvalue weighted by molar-refractivity contribution is 5.91. The molecule has 0 saturated carbocycles. The molecule has 6 rings (SSSR count). The average Bonchev–Trinajstić information content (AvgIpc) is 3.08. The van der Waals surface area contributed by atoms with E-state index >= 15 is 0 Å². The van der Waals surface area contributed by atoms with Gasteiger partial charge in [-0.3, -0.25) is 0 Å². The Bertz CT molecular complexity index is 1890. The molecule has 0 fully saturated rings. The first-order valence-electron chi connectivity index (χ1n) is 15.6. The smallest absolute Gasteiger partial charge is 0.0426 e. The largest absolute Gasteiger partial charge is 0.370 e. The second kappa shape index (κ2) is 13.9. The van der Waals surface area contributed by atoms with Crippen molar-refractivity contribution in [1.29, 1.82) is 0 Å². The second-order valence-corrected chi connectivity index (χ2v) is 11.8. The van der Waals surface area contributed by atoms with Gasteiger partial charge in [-0.1, -0.05) is 151 Å². The molecular formula is C44H39N. The van der Waals surface area contributed by atoms with Gasteiger partial charge in [0.15, 0.2) is 0 Å². The van der Waals surface area contributed by atoms with Crippen LogP contribution in [0.2, 0.25) is 0 Å². The van der Waals surface area contributed by atoms with Crippen LogP contribution >= 0.6 is 0 Å². The van der Waals surface area contributed by atoms with Gasteiger partial charge >= 0.3 is 0 Å². The standard InChI is InChI=1S/C44H39N/c1-33-12-10-18-41(28-33)42-19-11-13-37(30-42)32-45(3)43-27-26-38(34(2)29-43)25-24-35-20-22-36(23-21-35)31-44(39-14-6-4-7-15-39)40-16-8-5-9-17-40/h4-31H,32H2,1-3H3. The molecule has 0 spiro atoms. The van der Waals surface area contributed by atoms with Gasteiger partial charge in [0.25, 0.3) is 0 Å². The minimum Gasteiger partial charge on any atom is -0.370 e. The van der Waals surface area contributed by atoms with Gasteiger partial charge < -0.3 is 4.90 Å². The fourth-order valence-electron chi connectivity index (χ4n) is 5.75. The molecule has 0 unspecified atom stereocenters. The number of aryl methyl sites for hydroxylation is 2. The first-order chi connectivity index (χ1) is 22.0. The number of rotatable bonds is 9. The summed E-state index contributed by atoms with van der Waals surface area (Å²) < 4.78 is 0. The van der Waals surface area contributed by atoms with Gasteiger partial charge in [0.2, 0.25) is 0 Å². The third kappa shape index (κ3) is 7.58. The second-order valence-electron chi connectivity index (χ2n) is 11.8. The van der Waals surface area contributed by atoms with Gasteiger partial charge in [0.05, 0.1) is 0 Å². The molecule has 6 aromatic carbocycles. The molecule has 6 aromatic rings. The Morgan fingerprint density at radius 3 is 1.82 bits per heavy atom. The highest BCUT2D eigenvalue weighted by atomic mass is 15.1. The van der Waals surface area contributed by atoms with Crippen LogP contribution in [0.4, 0.5) is 5.69 Å². The van der Waals surface area contributed by atoms with Gasteiger partial charge in [-0.15, -0.1) is 0 Å². The molecule has 1 heteroatoms. The molecule has 0 aliphatic carbocycles. The van der Waals surface area contributed by atoms with Crippen LogP contribution in [0.3, 0.4) is 0 Å². The van der Waals surface area contributed by atoms with E-state index in [0.717, 1.165) is 6.54 Å². The Morgan fingerprint density at radius 2 is 1.18 bits per heavy atom. The molecule has 45 heavy (non-hydrogen) atoms. The lowest BCUT2D eigenvalue weighted by Gasteiger charge is -2.21. The maximum absolute atomic E-state index is 2.32. The summed E-state index contributed by atoms with van der Waals surface area (Å²) in [7, 11) is 2.17. The van der Waals surface area contributed by atoms with Crippen LogP contribution in [-0.2, 0) is 6.54 Å². The zero-order valence-electron chi connectivity index (χ0n) is 26.3. The summed E-state index contributed by atoms with van der Waals surface area (Å²) in [4.78, 5) is 2.32. The van der Waals surface area contributed by atoms with Gasteiger partial charge in [0, 0.05) is 19.3 Å². The summed E-state index contributed by atoms with van der Waals surface area (Å²) in [6, 6.07) is 54.3. The molecule has 0 aliphatic rings. The molecular weight excluding hydrogens is 542 g/mol. The SMILES string of the molecule is Cc1cccc(-c2cccc(CN(C)c3ccc(C=Cc4ccc(C=C(c5ccccc5)c5ccccc5)cc4)c(C)c3)c2)c1. The molecule has 0 radical (unpaired) electrons. The maximum Gasteiger partial charge on any atom is 0.0426 e. The van der Waals surface area contributed by atoms with Crippen LogP contribution in [0.15, 0.2) is 152 Å². The molecule has 0 atom stereocenters. The zero-order chi connectivity index (χ0) is 31.0. The van der Waals surface area contributed by atoms with E-state index in [1.54, 1.807) is 0 Å². The van der Waals surface area contributed by atoms with Crippen molar-refractivity contribution in [2.24, 2.45) is 0 Å². The van der Waals surface area contributed by atoms with Crippen LogP contribution in [0.5, 0.6) is 0 Å². The van der Waals surface area contributed by atoms with E-state index in [2.05, 4.69) is 196 Å². The topological polar surface area (TPSA) is 3.24 Å². The predicted molar refractivity (Wildman–Crippen MR) is 195 cm³/mol. The third-order valence-electron chi connectivity index (χ3n) is 8.26. The quantitative estimate of drug-likeness (QED) is 0.154. The minimum absolute atomic E-state index is 0.853. The van der Waals surface area contributed by atoms with Crippen molar-refractivity contribution < 1.29 is 0 Å². The van der Waals surface area contributed by atoms with Gasteiger partial charge in [0.1, 0.15) is 0 Å². The molecule has 0 aliphatic heterocycles. The lowest BCUT2D eigenvalue weighted by atomic mass is 9.95. The maximum atomic E-state index is 2.32. The fraction of sp³-hybridized carbons (Fsp3) is 0.0909. The lowest BCUT2D eigenvalue weighted by molar-refractivity contribution is 0.922. The van der Waals surface area contributed by atoms with Crippen LogP contribution in [0.25, 0.3) is 34.9 Å². The van der Waals surface area contributed by atoms with Crippen molar-refractivity contribution in [1.82, 2.24) is 0 Å². The minimum atomic E-state index is 0.853. The van der Waals surface area contributed by atoms with E-state index in [-0.39, 0.29) is 0 Å².